The van der Waals surface area contributed by atoms with Crippen LogP contribution in [0.1, 0.15) is 19.8 Å². The van der Waals surface area contributed by atoms with Gasteiger partial charge in [-0.1, -0.05) is 0 Å². The van der Waals surface area contributed by atoms with Gasteiger partial charge >= 0.3 is 5.97 Å². The van der Waals surface area contributed by atoms with Crippen LogP contribution in [0.4, 0.5) is 0 Å². The maximum Gasteiger partial charge on any atom is 0.339 e. The van der Waals surface area contributed by atoms with E-state index in [1.165, 1.54) is 14.0 Å². The third-order valence-electron chi connectivity index (χ3n) is 2.27. The molecule has 1 aliphatic carbocycles. The van der Waals surface area contributed by atoms with Crippen LogP contribution in [0.5, 0.6) is 0 Å². The second kappa shape index (κ2) is 3.51. The highest BCUT2D eigenvalue weighted by Crippen LogP contribution is 2.43. The Balaban J connectivity index is 2.87. The molecule has 0 saturated heterocycles. The second-order valence-electron chi connectivity index (χ2n) is 3.66. The predicted octanol–water partition coefficient (Wildman–Crippen LogP) is 0.304. The molecule has 0 amide bonds. The van der Waals surface area contributed by atoms with Gasteiger partial charge in [-0.2, -0.15) is 8.42 Å². The Labute approximate surface area is 83.5 Å². The van der Waals surface area contributed by atoms with E-state index in [-0.39, 0.29) is 5.92 Å². The van der Waals surface area contributed by atoms with Crippen LogP contribution in [0.3, 0.4) is 0 Å². The fourth-order valence-electron chi connectivity index (χ4n) is 1.42. The van der Waals surface area contributed by atoms with Crippen LogP contribution < -0.4 is 0 Å². The molecule has 0 aromatic carbocycles. The summed E-state index contributed by atoms with van der Waals surface area (Å²) in [5.74, 6) is -0.685. The van der Waals surface area contributed by atoms with Gasteiger partial charge in [0.15, 0.2) is 5.60 Å². The Kier molecular flexibility index (Phi) is 2.87. The van der Waals surface area contributed by atoms with Crippen LogP contribution in [0, 0.1) is 5.92 Å². The molecule has 0 heterocycles. The summed E-state index contributed by atoms with van der Waals surface area (Å²) in [4.78, 5) is 11.4. The lowest BCUT2D eigenvalue weighted by molar-refractivity contribution is -0.159. The van der Waals surface area contributed by atoms with E-state index in [4.69, 9.17) is 4.18 Å². The van der Waals surface area contributed by atoms with E-state index in [1.54, 1.807) is 0 Å². The molecule has 0 aromatic rings. The van der Waals surface area contributed by atoms with Crippen LogP contribution in [0.25, 0.3) is 0 Å². The highest BCUT2D eigenvalue weighted by Gasteiger charge is 2.51. The summed E-state index contributed by atoms with van der Waals surface area (Å²) in [6, 6.07) is 0. The molecule has 1 atom stereocenters. The molecule has 1 saturated carbocycles. The van der Waals surface area contributed by atoms with Gasteiger partial charge in [-0.15, -0.1) is 0 Å². The average molecular weight is 222 g/mol. The molecular formula is C8H14O5S. The van der Waals surface area contributed by atoms with Gasteiger partial charge in [-0.05, 0) is 19.8 Å². The SMILES string of the molecule is COC(=O)C(C)(OS(C)(=O)=O)C1CC1. The molecule has 1 aliphatic rings. The van der Waals surface area contributed by atoms with E-state index in [2.05, 4.69) is 4.74 Å². The summed E-state index contributed by atoms with van der Waals surface area (Å²) in [5, 5.41) is 0. The first-order chi connectivity index (χ1) is 6.29. The lowest BCUT2D eigenvalue weighted by Crippen LogP contribution is -2.43. The lowest BCUT2D eigenvalue weighted by atomic mass is 10.0. The average Bonchev–Trinajstić information content (AvgIpc) is 2.81. The third kappa shape index (κ3) is 2.45. The molecule has 14 heavy (non-hydrogen) atoms. The van der Waals surface area contributed by atoms with Crippen molar-refractivity contribution < 1.29 is 22.1 Å². The summed E-state index contributed by atoms with van der Waals surface area (Å²) in [5.41, 5.74) is -1.34. The van der Waals surface area contributed by atoms with Gasteiger partial charge in [0.2, 0.25) is 0 Å². The number of esters is 1. The quantitative estimate of drug-likeness (QED) is 0.505. The smallest absolute Gasteiger partial charge is 0.339 e. The number of ether oxygens (including phenoxy) is 1. The van der Waals surface area contributed by atoms with Crippen molar-refractivity contribution in [3.63, 3.8) is 0 Å². The fourth-order valence-corrected chi connectivity index (χ4v) is 2.25. The van der Waals surface area contributed by atoms with Gasteiger partial charge in [0.25, 0.3) is 10.1 Å². The molecule has 1 fully saturated rings. The Hall–Kier alpha value is -0.620. The second-order valence-corrected chi connectivity index (χ2v) is 5.24. The molecule has 0 radical (unpaired) electrons. The van der Waals surface area contributed by atoms with Crippen LogP contribution in [0.15, 0.2) is 0 Å². The van der Waals surface area contributed by atoms with Gasteiger partial charge in [-0.3, -0.25) is 4.18 Å². The standard InChI is InChI=1S/C8H14O5S/c1-8(6-4-5-6,7(9)12-2)13-14(3,10)11/h6H,4-5H2,1-3H3. The van der Waals surface area contributed by atoms with E-state index in [1.807, 2.05) is 0 Å². The van der Waals surface area contributed by atoms with Gasteiger partial charge < -0.3 is 4.74 Å². The number of hydrogen-bond donors (Lipinski definition) is 0. The molecule has 0 N–H and O–H groups in total. The normalized spacial score (nSPS) is 21.4. The summed E-state index contributed by atoms with van der Waals surface area (Å²) in [6.07, 6.45) is 2.51. The van der Waals surface area contributed by atoms with Crippen molar-refractivity contribution >= 4 is 16.1 Å². The summed E-state index contributed by atoms with van der Waals surface area (Å²) in [7, 11) is -2.43. The summed E-state index contributed by atoms with van der Waals surface area (Å²) < 4.78 is 31.3. The molecule has 5 nitrogen and oxygen atoms in total. The largest absolute Gasteiger partial charge is 0.467 e. The number of hydrogen-bond acceptors (Lipinski definition) is 5. The highest BCUT2D eigenvalue weighted by atomic mass is 32.2. The Morgan fingerprint density at radius 1 is 1.43 bits per heavy atom. The van der Waals surface area contributed by atoms with Gasteiger partial charge in [0.05, 0.1) is 13.4 Å². The van der Waals surface area contributed by atoms with Crippen molar-refractivity contribution in [2.24, 2.45) is 5.92 Å². The maximum absolute atomic E-state index is 11.4. The van der Waals surface area contributed by atoms with Gasteiger partial charge in [-0.25, -0.2) is 4.79 Å². The monoisotopic (exact) mass is 222 g/mol. The number of carbonyl (C=O) groups excluding carboxylic acids is 1. The third-order valence-corrected chi connectivity index (χ3v) is 2.92. The summed E-state index contributed by atoms with van der Waals surface area (Å²) in [6.45, 7) is 1.46. The zero-order valence-corrected chi connectivity index (χ0v) is 9.26. The molecular weight excluding hydrogens is 208 g/mol. The molecule has 0 bridgehead atoms. The molecule has 1 unspecified atom stereocenters. The molecule has 0 spiro atoms. The zero-order chi connectivity index (χ0) is 11.0. The van der Waals surface area contributed by atoms with Crippen molar-refractivity contribution in [1.29, 1.82) is 0 Å². The minimum absolute atomic E-state index is 0.0512. The van der Waals surface area contributed by atoms with E-state index in [9.17, 15) is 13.2 Å². The molecule has 82 valence electrons. The Bertz CT molecular complexity index is 330. The topological polar surface area (TPSA) is 69.7 Å². The van der Waals surface area contributed by atoms with E-state index >= 15 is 0 Å². The zero-order valence-electron chi connectivity index (χ0n) is 8.44. The molecule has 1 rings (SSSR count). The molecule has 0 aromatic heterocycles. The first-order valence-corrected chi connectivity index (χ1v) is 6.10. The minimum atomic E-state index is -3.64. The van der Waals surface area contributed by atoms with Crippen molar-refractivity contribution in [3.8, 4) is 0 Å². The fraction of sp³-hybridized carbons (Fsp3) is 0.875. The minimum Gasteiger partial charge on any atom is -0.467 e. The number of methoxy groups -OCH3 is 1. The van der Waals surface area contributed by atoms with Crippen molar-refractivity contribution in [1.82, 2.24) is 0 Å². The van der Waals surface area contributed by atoms with Crippen LogP contribution in [-0.2, 0) is 23.8 Å². The lowest BCUT2D eigenvalue weighted by Gasteiger charge is -2.24. The van der Waals surface area contributed by atoms with Crippen LogP contribution >= 0.6 is 0 Å². The number of rotatable bonds is 4. The van der Waals surface area contributed by atoms with Gasteiger partial charge in [0.1, 0.15) is 0 Å². The van der Waals surface area contributed by atoms with E-state index in [0.29, 0.717) is 0 Å². The van der Waals surface area contributed by atoms with E-state index < -0.39 is 21.7 Å². The highest BCUT2D eigenvalue weighted by molar-refractivity contribution is 7.86. The molecule has 0 aliphatic heterocycles. The maximum atomic E-state index is 11.4. The summed E-state index contributed by atoms with van der Waals surface area (Å²) >= 11 is 0. The Morgan fingerprint density at radius 2 is 1.93 bits per heavy atom. The first kappa shape index (κ1) is 11.5. The predicted molar refractivity (Wildman–Crippen MR) is 49.1 cm³/mol. The van der Waals surface area contributed by atoms with E-state index in [0.717, 1.165) is 19.1 Å². The van der Waals surface area contributed by atoms with Crippen molar-refractivity contribution in [3.05, 3.63) is 0 Å². The number of carbonyl (C=O) groups is 1. The first-order valence-electron chi connectivity index (χ1n) is 4.28. The molecule has 6 heteroatoms. The van der Waals surface area contributed by atoms with Crippen LogP contribution in [0.2, 0.25) is 0 Å². The Morgan fingerprint density at radius 3 is 2.21 bits per heavy atom. The van der Waals surface area contributed by atoms with Gasteiger partial charge in [0, 0.05) is 5.92 Å². The van der Waals surface area contributed by atoms with Crippen LogP contribution in [-0.4, -0.2) is 33.4 Å². The van der Waals surface area contributed by atoms with Crippen molar-refractivity contribution in [2.45, 2.75) is 25.4 Å². The van der Waals surface area contributed by atoms with Crippen molar-refractivity contribution in [2.75, 3.05) is 13.4 Å².